The van der Waals surface area contributed by atoms with E-state index >= 15 is 0 Å². The van der Waals surface area contributed by atoms with Crippen LogP contribution in [0, 0.1) is 0 Å². The molecule has 174 valence electrons. The zero-order valence-corrected chi connectivity index (χ0v) is 18.6. The van der Waals surface area contributed by atoms with Gasteiger partial charge in [0.05, 0.1) is 13.0 Å². The fourth-order valence-electron chi connectivity index (χ4n) is 3.44. The summed E-state index contributed by atoms with van der Waals surface area (Å²) in [7, 11) is 0. The molecule has 33 heavy (non-hydrogen) atoms. The Morgan fingerprint density at radius 3 is 2.45 bits per heavy atom. The van der Waals surface area contributed by atoms with Crippen molar-refractivity contribution in [1.29, 1.82) is 0 Å². The molecule has 9 heteroatoms. The Kier molecular flexibility index (Phi) is 8.15. The van der Waals surface area contributed by atoms with Gasteiger partial charge < -0.3 is 15.4 Å². The molecule has 1 aliphatic rings. The average molecular weight is 453 g/mol. The number of carbonyl (C=O) groups excluding carboxylic acids is 4. The van der Waals surface area contributed by atoms with Gasteiger partial charge in [0.2, 0.25) is 0 Å². The SMILES string of the molecule is CCON(C(=O)C(C)NC(=O)C(=O)Nc1ccccc1Cc1ccccc1)C1COC(=O)C1. The predicted octanol–water partition coefficient (Wildman–Crippen LogP) is 1.82. The molecule has 0 aliphatic carbocycles. The second-order valence-corrected chi connectivity index (χ2v) is 7.59. The number of benzene rings is 2. The van der Waals surface area contributed by atoms with Crippen LogP contribution in [-0.2, 0) is 35.2 Å². The molecule has 9 nitrogen and oxygen atoms in total. The van der Waals surface area contributed by atoms with Crippen molar-refractivity contribution >= 4 is 29.4 Å². The minimum Gasteiger partial charge on any atom is -0.463 e. The van der Waals surface area contributed by atoms with E-state index in [-0.39, 0.29) is 19.6 Å². The molecule has 0 saturated carbocycles. The highest BCUT2D eigenvalue weighted by atomic mass is 16.7. The van der Waals surface area contributed by atoms with E-state index in [0.717, 1.165) is 16.2 Å². The van der Waals surface area contributed by atoms with Gasteiger partial charge >= 0.3 is 17.8 Å². The molecule has 3 rings (SSSR count). The molecule has 1 aliphatic heterocycles. The number of nitrogens with one attached hydrogen (secondary N) is 2. The molecule has 2 aromatic rings. The summed E-state index contributed by atoms with van der Waals surface area (Å²) in [6.45, 7) is 3.35. The maximum absolute atomic E-state index is 12.8. The van der Waals surface area contributed by atoms with Crippen LogP contribution >= 0.6 is 0 Å². The van der Waals surface area contributed by atoms with Gasteiger partial charge in [0.1, 0.15) is 18.7 Å². The fourth-order valence-corrected chi connectivity index (χ4v) is 3.44. The maximum Gasteiger partial charge on any atom is 0.313 e. The number of amides is 3. The molecule has 2 aromatic carbocycles. The standard InChI is InChI=1S/C24H27N3O6/c1-3-33-27(19-14-21(28)32-15-19)24(31)16(2)25-22(29)23(30)26-20-12-8-7-11-18(20)13-17-9-5-4-6-10-17/h4-12,16,19H,3,13-15H2,1-2H3,(H,25,29)(H,26,30). The molecule has 0 spiro atoms. The molecule has 2 N–H and O–H groups in total. The number of ether oxygens (including phenoxy) is 1. The van der Waals surface area contributed by atoms with Crippen LogP contribution < -0.4 is 10.6 Å². The second kappa shape index (κ2) is 11.2. The first-order chi connectivity index (χ1) is 15.9. The smallest absolute Gasteiger partial charge is 0.313 e. The Labute approximate surface area is 192 Å². The Hall–Kier alpha value is -3.72. The Morgan fingerprint density at radius 2 is 1.79 bits per heavy atom. The molecular weight excluding hydrogens is 426 g/mol. The first-order valence-corrected chi connectivity index (χ1v) is 10.7. The van der Waals surface area contributed by atoms with Gasteiger partial charge in [-0.05, 0) is 37.5 Å². The van der Waals surface area contributed by atoms with Crippen molar-refractivity contribution in [2.75, 3.05) is 18.5 Å². The number of anilines is 1. The molecule has 1 saturated heterocycles. The van der Waals surface area contributed by atoms with Crippen LogP contribution in [0.4, 0.5) is 5.69 Å². The van der Waals surface area contributed by atoms with Crippen LogP contribution in [0.2, 0.25) is 0 Å². The van der Waals surface area contributed by atoms with E-state index in [0.29, 0.717) is 12.1 Å². The van der Waals surface area contributed by atoms with Crippen molar-refractivity contribution < 1.29 is 28.8 Å². The van der Waals surface area contributed by atoms with E-state index in [9.17, 15) is 19.2 Å². The monoisotopic (exact) mass is 453 g/mol. The van der Waals surface area contributed by atoms with Crippen LogP contribution in [-0.4, -0.2) is 54.1 Å². The minimum atomic E-state index is -1.05. The summed E-state index contributed by atoms with van der Waals surface area (Å²) in [4.78, 5) is 54.6. The molecule has 2 unspecified atom stereocenters. The first kappa shape index (κ1) is 23.9. The number of hydrogen-bond donors (Lipinski definition) is 2. The normalized spacial score (nSPS) is 15.9. The van der Waals surface area contributed by atoms with E-state index in [1.54, 1.807) is 19.1 Å². The third-order valence-corrected chi connectivity index (χ3v) is 5.08. The number of carbonyl (C=O) groups is 4. The zero-order valence-electron chi connectivity index (χ0n) is 18.6. The summed E-state index contributed by atoms with van der Waals surface area (Å²) < 4.78 is 4.90. The molecule has 3 amide bonds. The van der Waals surface area contributed by atoms with E-state index in [4.69, 9.17) is 9.57 Å². The quantitative estimate of drug-likeness (QED) is 0.358. The van der Waals surface area contributed by atoms with Crippen molar-refractivity contribution in [3.8, 4) is 0 Å². The Bertz CT molecular complexity index is 1010. The number of esters is 1. The summed E-state index contributed by atoms with van der Waals surface area (Å²) in [5.74, 6) is -2.86. The number of rotatable bonds is 8. The summed E-state index contributed by atoms with van der Waals surface area (Å²) in [6.07, 6.45) is 0.588. The lowest BCUT2D eigenvalue weighted by atomic mass is 10.0. The van der Waals surface area contributed by atoms with E-state index in [2.05, 4.69) is 10.6 Å². The molecule has 0 radical (unpaired) electrons. The largest absolute Gasteiger partial charge is 0.463 e. The second-order valence-electron chi connectivity index (χ2n) is 7.59. The predicted molar refractivity (Wildman–Crippen MR) is 120 cm³/mol. The highest BCUT2D eigenvalue weighted by molar-refractivity contribution is 6.40. The van der Waals surface area contributed by atoms with Crippen LogP contribution in [0.3, 0.4) is 0 Å². The number of hydrogen-bond acceptors (Lipinski definition) is 6. The Morgan fingerprint density at radius 1 is 1.09 bits per heavy atom. The van der Waals surface area contributed by atoms with Crippen molar-refractivity contribution in [2.45, 2.75) is 38.8 Å². The van der Waals surface area contributed by atoms with Gasteiger partial charge in [-0.1, -0.05) is 48.5 Å². The third-order valence-electron chi connectivity index (χ3n) is 5.08. The van der Waals surface area contributed by atoms with E-state index < -0.39 is 35.8 Å². The summed E-state index contributed by atoms with van der Waals surface area (Å²) in [5, 5.41) is 6.06. The van der Waals surface area contributed by atoms with Crippen molar-refractivity contribution in [2.24, 2.45) is 0 Å². The fraction of sp³-hybridized carbons (Fsp3) is 0.333. The third kappa shape index (κ3) is 6.39. The van der Waals surface area contributed by atoms with Gasteiger partial charge in [-0.15, -0.1) is 0 Å². The molecule has 1 heterocycles. The average Bonchev–Trinajstić information content (AvgIpc) is 3.24. The molecule has 2 atom stereocenters. The molecule has 0 aromatic heterocycles. The van der Waals surface area contributed by atoms with Crippen LogP contribution in [0.25, 0.3) is 0 Å². The summed E-state index contributed by atoms with van der Waals surface area (Å²) in [5.41, 5.74) is 2.42. The topological polar surface area (TPSA) is 114 Å². The van der Waals surface area contributed by atoms with Gasteiger partial charge in [0.25, 0.3) is 5.91 Å². The van der Waals surface area contributed by atoms with Gasteiger partial charge in [-0.25, -0.2) is 5.06 Å². The molecular formula is C24H27N3O6. The first-order valence-electron chi connectivity index (χ1n) is 10.7. The number of para-hydroxylation sites is 1. The van der Waals surface area contributed by atoms with Gasteiger partial charge in [0, 0.05) is 5.69 Å². The number of hydroxylamine groups is 2. The van der Waals surface area contributed by atoms with Crippen LogP contribution in [0.5, 0.6) is 0 Å². The van der Waals surface area contributed by atoms with Gasteiger partial charge in [0.15, 0.2) is 0 Å². The highest BCUT2D eigenvalue weighted by Gasteiger charge is 2.36. The minimum absolute atomic E-state index is 0.00505. The van der Waals surface area contributed by atoms with Gasteiger partial charge in [-0.2, -0.15) is 0 Å². The van der Waals surface area contributed by atoms with Crippen molar-refractivity contribution in [3.63, 3.8) is 0 Å². The maximum atomic E-state index is 12.8. The molecule has 0 bridgehead atoms. The summed E-state index contributed by atoms with van der Waals surface area (Å²) >= 11 is 0. The zero-order chi connectivity index (χ0) is 23.8. The lowest BCUT2D eigenvalue weighted by molar-refractivity contribution is -0.200. The molecule has 1 fully saturated rings. The van der Waals surface area contributed by atoms with Crippen molar-refractivity contribution in [3.05, 3.63) is 65.7 Å². The van der Waals surface area contributed by atoms with Gasteiger partial charge in [-0.3, -0.25) is 24.0 Å². The lowest BCUT2D eigenvalue weighted by Gasteiger charge is -2.28. The van der Waals surface area contributed by atoms with Crippen LogP contribution in [0.15, 0.2) is 54.6 Å². The van der Waals surface area contributed by atoms with Crippen LogP contribution in [0.1, 0.15) is 31.4 Å². The lowest BCUT2D eigenvalue weighted by Crippen LogP contribution is -2.52. The number of nitrogens with zero attached hydrogens (tertiary/aromatic N) is 1. The highest BCUT2D eigenvalue weighted by Crippen LogP contribution is 2.19. The summed E-state index contributed by atoms with van der Waals surface area (Å²) in [6, 6.07) is 15.3. The van der Waals surface area contributed by atoms with E-state index in [1.165, 1.54) is 6.92 Å². The van der Waals surface area contributed by atoms with Crippen molar-refractivity contribution in [1.82, 2.24) is 10.4 Å². The van der Waals surface area contributed by atoms with E-state index in [1.807, 2.05) is 42.5 Å². The Balaban J connectivity index is 1.62. The number of cyclic esters (lactones) is 1.